The zero-order valence-corrected chi connectivity index (χ0v) is 7.47. The third-order valence-corrected chi connectivity index (χ3v) is 2.92. The highest BCUT2D eigenvalue weighted by Crippen LogP contribution is 2.25. The highest BCUT2D eigenvalue weighted by atomic mass is 16.1. The SMILES string of the molecule is CC1CC2C(=O)NCCCC2N1. The fourth-order valence-corrected chi connectivity index (χ4v) is 2.33. The highest BCUT2D eigenvalue weighted by molar-refractivity contribution is 5.80. The van der Waals surface area contributed by atoms with Crippen LogP contribution < -0.4 is 10.6 Å². The van der Waals surface area contributed by atoms with Crippen molar-refractivity contribution in [2.24, 2.45) is 5.92 Å². The number of carbonyl (C=O) groups is 1. The van der Waals surface area contributed by atoms with E-state index in [-0.39, 0.29) is 11.8 Å². The molecular weight excluding hydrogens is 152 g/mol. The van der Waals surface area contributed by atoms with E-state index in [9.17, 15) is 4.79 Å². The van der Waals surface area contributed by atoms with Gasteiger partial charge in [-0.05, 0) is 26.2 Å². The Morgan fingerprint density at radius 2 is 2.33 bits per heavy atom. The van der Waals surface area contributed by atoms with Crippen molar-refractivity contribution in [1.29, 1.82) is 0 Å². The van der Waals surface area contributed by atoms with E-state index in [0.29, 0.717) is 12.1 Å². The summed E-state index contributed by atoms with van der Waals surface area (Å²) in [5, 5.41) is 6.42. The van der Waals surface area contributed by atoms with Crippen LogP contribution in [0.2, 0.25) is 0 Å². The summed E-state index contributed by atoms with van der Waals surface area (Å²) in [4.78, 5) is 11.5. The van der Waals surface area contributed by atoms with Gasteiger partial charge in [-0.25, -0.2) is 0 Å². The third-order valence-electron chi connectivity index (χ3n) is 2.92. The van der Waals surface area contributed by atoms with Crippen molar-refractivity contribution in [1.82, 2.24) is 10.6 Å². The molecule has 3 nitrogen and oxygen atoms in total. The maximum atomic E-state index is 11.5. The molecule has 0 aliphatic carbocycles. The topological polar surface area (TPSA) is 41.1 Å². The number of fused-ring (bicyclic) bond motifs is 1. The normalized spacial score (nSPS) is 41.8. The molecule has 3 heteroatoms. The number of rotatable bonds is 0. The quantitative estimate of drug-likeness (QED) is 0.545. The molecule has 2 heterocycles. The van der Waals surface area contributed by atoms with E-state index in [1.54, 1.807) is 0 Å². The summed E-state index contributed by atoms with van der Waals surface area (Å²) < 4.78 is 0. The molecule has 3 atom stereocenters. The molecule has 0 saturated carbocycles. The fraction of sp³-hybridized carbons (Fsp3) is 0.889. The number of hydrogen-bond acceptors (Lipinski definition) is 2. The molecule has 0 aromatic heterocycles. The average Bonchev–Trinajstić information content (AvgIpc) is 2.33. The van der Waals surface area contributed by atoms with Gasteiger partial charge in [-0.15, -0.1) is 0 Å². The van der Waals surface area contributed by atoms with Gasteiger partial charge in [-0.2, -0.15) is 0 Å². The third kappa shape index (κ3) is 1.33. The van der Waals surface area contributed by atoms with Crippen LogP contribution in [0.4, 0.5) is 0 Å². The first-order chi connectivity index (χ1) is 5.77. The van der Waals surface area contributed by atoms with Gasteiger partial charge in [0.05, 0.1) is 5.92 Å². The van der Waals surface area contributed by atoms with Crippen LogP contribution in [0.1, 0.15) is 26.2 Å². The van der Waals surface area contributed by atoms with Crippen LogP contribution in [0.15, 0.2) is 0 Å². The predicted molar refractivity (Wildman–Crippen MR) is 46.7 cm³/mol. The Morgan fingerprint density at radius 1 is 1.50 bits per heavy atom. The van der Waals surface area contributed by atoms with Crippen molar-refractivity contribution in [3.8, 4) is 0 Å². The predicted octanol–water partition coefficient (Wildman–Crippen LogP) is 0.263. The summed E-state index contributed by atoms with van der Waals surface area (Å²) in [6.07, 6.45) is 3.27. The van der Waals surface area contributed by atoms with Crippen molar-refractivity contribution >= 4 is 5.91 Å². The molecule has 2 fully saturated rings. The molecule has 0 bridgehead atoms. The van der Waals surface area contributed by atoms with E-state index in [2.05, 4.69) is 17.6 Å². The Kier molecular flexibility index (Phi) is 2.05. The molecule has 2 saturated heterocycles. The summed E-state index contributed by atoms with van der Waals surface area (Å²) in [6.45, 7) is 3.02. The molecule has 2 aliphatic heterocycles. The van der Waals surface area contributed by atoms with E-state index in [4.69, 9.17) is 0 Å². The molecule has 12 heavy (non-hydrogen) atoms. The maximum absolute atomic E-state index is 11.5. The Morgan fingerprint density at radius 3 is 3.17 bits per heavy atom. The number of amides is 1. The summed E-state index contributed by atoms with van der Waals surface area (Å²) in [5.74, 6) is 0.497. The highest BCUT2D eigenvalue weighted by Gasteiger charge is 2.36. The lowest BCUT2D eigenvalue weighted by Gasteiger charge is -2.13. The van der Waals surface area contributed by atoms with E-state index in [1.165, 1.54) is 0 Å². The molecule has 3 unspecified atom stereocenters. The first-order valence-electron chi connectivity index (χ1n) is 4.81. The second-order valence-corrected chi connectivity index (χ2v) is 3.95. The molecule has 2 N–H and O–H groups in total. The van der Waals surface area contributed by atoms with E-state index in [0.717, 1.165) is 25.8 Å². The Hall–Kier alpha value is -0.570. The van der Waals surface area contributed by atoms with Gasteiger partial charge in [0.2, 0.25) is 5.91 Å². The second-order valence-electron chi connectivity index (χ2n) is 3.95. The zero-order valence-electron chi connectivity index (χ0n) is 7.47. The van der Waals surface area contributed by atoms with Crippen LogP contribution in [0.25, 0.3) is 0 Å². The van der Waals surface area contributed by atoms with Gasteiger partial charge in [0.25, 0.3) is 0 Å². The summed E-state index contributed by atoms with van der Waals surface area (Å²) in [5.41, 5.74) is 0. The molecule has 2 aliphatic rings. The molecule has 0 aromatic carbocycles. The molecule has 0 aromatic rings. The van der Waals surface area contributed by atoms with Gasteiger partial charge in [0, 0.05) is 18.6 Å². The Bertz CT molecular complexity index is 193. The van der Waals surface area contributed by atoms with Crippen LogP contribution >= 0.6 is 0 Å². The maximum Gasteiger partial charge on any atom is 0.224 e. The standard InChI is InChI=1S/C9H16N2O/c1-6-5-7-8(11-6)3-2-4-10-9(7)12/h6-8,11H,2-5H2,1H3,(H,10,12). The zero-order chi connectivity index (χ0) is 8.55. The summed E-state index contributed by atoms with van der Waals surface area (Å²) >= 11 is 0. The molecule has 2 rings (SSSR count). The van der Waals surface area contributed by atoms with Crippen molar-refractivity contribution in [2.45, 2.75) is 38.3 Å². The summed E-state index contributed by atoms with van der Waals surface area (Å²) in [7, 11) is 0. The van der Waals surface area contributed by atoms with Crippen LogP contribution in [0.3, 0.4) is 0 Å². The minimum atomic E-state index is 0.238. The van der Waals surface area contributed by atoms with Gasteiger partial charge in [0.15, 0.2) is 0 Å². The number of hydrogen-bond donors (Lipinski definition) is 2. The van der Waals surface area contributed by atoms with Gasteiger partial charge < -0.3 is 10.6 Å². The molecule has 0 spiro atoms. The van der Waals surface area contributed by atoms with Gasteiger partial charge in [-0.1, -0.05) is 0 Å². The van der Waals surface area contributed by atoms with E-state index < -0.39 is 0 Å². The number of nitrogens with one attached hydrogen (secondary N) is 2. The van der Waals surface area contributed by atoms with Gasteiger partial charge >= 0.3 is 0 Å². The Labute approximate surface area is 72.9 Å². The van der Waals surface area contributed by atoms with Gasteiger partial charge in [0.1, 0.15) is 0 Å². The number of carbonyl (C=O) groups excluding carboxylic acids is 1. The van der Waals surface area contributed by atoms with Crippen molar-refractivity contribution in [3.63, 3.8) is 0 Å². The van der Waals surface area contributed by atoms with Crippen molar-refractivity contribution in [2.75, 3.05) is 6.54 Å². The minimum Gasteiger partial charge on any atom is -0.356 e. The Balaban J connectivity index is 2.09. The van der Waals surface area contributed by atoms with Crippen LogP contribution in [0.5, 0.6) is 0 Å². The second kappa shape index (κ2) is 3.05. The van der Waals surface area contributed by atoms with E-state index >= 15 is 0 Å². The van der Waals surface area contributed by atoms with E-state index in [1.807, 2.05) is 0 Å². The first kappa shape index (κ1) is 8.05. The molecule has 1 amide bonds. The molecule has 68 valence electrons. The van der Waals surface area contributed by atoms with Gasteiger partial charge in [-0.3, -0.25) is 4.79 Å². The monoisotopic (exact) mass is 168 g/mol. The molecule has 0 radical (unpaired) electrons. The van der Waals surface area contributed by atoms with Crippen LogP contribution in [-0.4, -0.2) is 24.5 Å². The largest absolute Gasteiger partial charge is 0.356 e. The van der Waals surface area contributed by atoms with Crippen LogP contribution in [0, 0.1) is 5.92 Å². The van der Waals surface area contributed by atoms with Crippen molar-refractivity contribution in [3.05, 3.63) is 0 Å². The first-order valence-corrected chi connectivity index (χ1v) is 4.81. The van der Waals surface area contributed by atoms with Crippen molar-refractivity contribution < 1.29 is 4.79 Å². The van der Waals surface area contributed by atoms with Crippen LogP contribution in [-0.2, 0) is 4.79 Å². The average molecular weight is 168 g/mol. The molecular formula is C9H16N2O. The minimum absolute atomic E-state index is 0.238. The lowest BCUT2D eigenvalue weighted by molar-refractivity contribution is -0.124. The fourth-order valence-electron chi connectivity index (χ4n) is 2.33. The summed E-state index contributed by atoms with van der Waals surface area (Å²) in [6, 6.07) is 0.964. The smallest absolute Gasteiger partial charge is 0.224 e. The lowest BCUT2D eigenvalue weighted by Crippen LogP contribution is -2.35. The lowest BCUT2D eigenvalue weighted by atomic mass is 9.97.